The van der Waals surface area contributed by atoms with Crippen molar-refractivity contribution >= 4 is 5.69 Å². The number of hydrogen-bond donors (Lipinski definition) is 2. The zero-order valence-corrected chi connectivity index (χ0v) is 12.7. The Morgan fingerprint density at radius 3 is 2.95 bits per heavy atom. The topological polar surface area (TPSA) is 68.5 Å². The number of rotatable bonds is 5. The number of ether oxygens (including phenoxy) is 1. The number of nitriles is 1. The average molecular weight is 289 g/mol. The van der Waals surface area contributed by atoms with E-state index in [-0.39, 0.29) is 18.8 Å². The number of hydrogen-bond acceptors (Lipinski definition) is 5. The predicted molar refractivity (Wildman–Crippen MR) is 82.2 cm³/mol. The van der Waals surface area contributed by atoms with Crippen LogP contribution < -0.4 is 10.2 Å². The molecule has 0 aromatic heterocycles. The van der Waals surface area contributed by atoms with Crippen molar-refractivity contribution in [2.75, 3.05) is 31.1 Å². The number of morpholine rings is 1. The van der Waals surface area contributed by atoms with Crippen molar-refractivity contribution in [2.24, 2.45) is 0 Å². The summed E-state index contributed by atoms with van der Waals surface area (Å²) in [6.45, 7) is 7.07. The van der Waals surface area contributed by atoms with Gasteiger partial charge in [-0.25, -0.2) is 0 Å². The molecule has 1 fully saturated rings. The zero-order valence-electron chi connectivity index (χ0n) is 12.7. The van der Waals surface area contributed by atoms with Crippen LogP contribution in [0.5, 0.6) is 0 Å². The molecule has 5 heteroatoms. The molecule has 1 aromatic rings. The molecule has 2 atom stereocenters. The lowest BCUT2D eigenvalue weighted by Crippen LogP contribution is -2.48. The first-order valence-electron chi connectivity index (χ1n) is 7.43. The normalized spacial score (nSPS) is 22.1. The summed E-state index contributed by atoms with van der Waals surface area (Å²) in [5.74, 6) is 0. The zero-order chi connectivity index (χ0) is 15.2. The highest BCUT2D eigenvalue weighted by Crippen LogP contribution is 2.25. The first kappa shape index (κ1) is 15.8. The summed E-state index contributed by atoms with van der Waals surface area (Å²) in [4.78, 5) is 2.13. The van der Waals surface area contributed by atoms with Crippen LogP contribution in [0.3, 0.4) is 0 Å². The summed E-state index contributed by atoms with van der Waals surface area (Å²) in [5, 5.41) is 22.0. The van der Waals surface area contributed by atoms with Crippen molar-refractivity contribution < 1.29 is 9.84 Å². The first-order valence-corrected chi connectivity index (χ1v) is 7.43. The van der Waals surface area contributed by atoms with Crippen LogP contribution in [-0.2, 0) is 11.3 Å². The lowest BCUT2D eigenvalue weighted by molar-refractivity contribution is -0.0421. The van der Waals surface area contributed by atoms with Crippen molar-refractivity contribution in [3.63, 3.8) is 0 Å². The summed E-state index contributed by atoms with van der Waals surface area (Å²) in [5.41, 5.74) is 2.71. The van der Waals surface area contributed by atoms with Gasteiger partial charge in [0.15, 0.2) is 0 Å². The Balaban J connectivity index is 2.20. The average Bonchev–Trinajstić information content (AvgIpc) is 2.51. The Bertz CT molecular complexity index is 513. The van der Waals surface area contributed by atoms with Gasteiger partial charge in [-0.2, -0.15) is 5.26 Å². The van der Waals surface area contributed by atoms with Crippen LogP contribution in [-0.4, -0.2) is 43.6 Å². The van der Waals surface area contributed by atoms with E-state index in [9.17, 15) is 10.4 Å². The van der Waals surface area contributed by atoms with E-state index < -0.39 is 0 Å². The van der Waals surface area contributed by atoms with E-state index >= 15 is 0 Å². The van der Waals surface area contributed by atoms with Crippen LogP contribution in [0, 0.1) is 11.3 Å². The highest BCUT2D eigenvalue weighted by molar-refractivity contribution is 5.61. The molecule has 1 aliphatic heterocycles. The lowest BCUT2D eigenvalue weighted by Gasteiger charge is -2.38. The minimum atomic E-state index is -0.193. The molecule has 0 radical (unpaired) electrons. The molecule has 1 aliphatic rings. The molecular weight excluding hydrogens is 266 g/mol. The van der Waals surface area contributed by atoms with Crippen molar-refractivity contribution in [3.05, 3.63) is 29.3 Å². The summed E-state index contributed by atoms with van der Waals surface area (Å²) >= 11 is 0. The van der Waals surface area contributed by atoms with Crippen LogP contribution in [0.25, 0.3) is 0 Å². The third-order valence-electron chi connectivity index (χ3n) is 3.63. The fraction of sp³-hybridized carbons (Fsp3) is 0.562. The smallest absolute Gasteiger partial charge is 0.101 e. The van der Waals surface area contributed by atoms with Crippen LogP contribution in [0.2, 0.25) is 0 Å². The van der Waals surface area contributed by atoms with Gasteiger partial charge < -0.3 is 20.1 Å². The molecule has 0 bridgehead atoms. The number of aliphatic hydroxyl groups is 1. The Morgan fingerprint density at radius 2 is 2.29 bits per heavy atom. The second-order valence-corrected chi connectivity index (χ2v) is 5.40. The largest absolute Gasteiger partial charge is 0.394 e. The summed E-state index contributed by atoms with van der Waals surface area (Å²) in [6.07, 6.45) is -0.148. The third kappa shape index (κ3) is 3.94. The number of nitrogens with zero attached hydrogens (tertiary/aromatic N) is 2. The van der Waals surface area contributed by atoms with Crippen LogP contribution >= 0.6 is 0 Å². The van der Waals surface area contributed by atoms with E-state index in [1.165, 1.54) is 0 Å². The second kappa shape index (κ2) is 7.41. The third-order valence-corrected chi connectivity index (χ3v) is 3.63. The molecule has 1 saturated heterocycles. The maximum absolute atomic E-state index is 9.41. The van der Waals surface area contributed by atoms with Gasteiger partial charge in [0.2, 0.25) is 0 Å². The molecule has 5 nitrogen and oxygen atoms in total. The molecule has 1 aromatic carbocycles. The Hall–Kier alpha value is -1.61. The Kier molecular flexibility index (Phi) is 5.57. The number of aliphatic hydroxyl groups excluding tert-OH is 1. The van der Waals surface area contributed by atoms with Gasteiger partial charge >= 0.3 is 0 Å². The van der Waals surface area contributed by atoms with Crippen LogP contribution in [0.1, 0.15) is 25.0 Å². The van der Waals surface area contributed by atoms with Crippen LogP contribution in [0.15, 0.2) is 18.2 Å². The number of nitrogens with one attached hydrogen (secondary N) is 1. The van der Waals surface area contributed by atoms with Crippen molar-refractivity contribution in [2.45, 2.75) is 32.6 Å². The standard InChI is InChI=1S/C16H23N3O2/c1-3-18-8-13-4-5-16(14(6-13)7-17)19-9-12(2)21-15(10-19)11-20/h4-6,12,15,18,20H,3,8-11H2,1-2H3. The molecule has 2 rings (SSSR count). The van der Waals surface area contributed by atoms with Gasteiger partial charge in [0.1, 0.15) is 6.07 Å². The molecule has 2 N–H and O–H groups in total. The van der Waals surface area contributed by atoms with Gasteiger partial charge in [0.05, 0.1) is 30.1 Å². The second-order valence-electron chi connectivity index (χ2n) is 5.40. The first-order chi connectivity index (χ1) is 10.2. The molecule has 1 heterocycles. The van der Waals surface area contributed by atoms with E-state index in [0.717, 1.165) is 30.9 Å². The quantitative estimate of drug-likeness (QED) is 0.854. The van der Waals surface area contributed by atoms with Crippen LogP contribution in [0.4, 0.5) is 5.69 Å². The van der Waals surface area contributed by atoms with Gasteiger partial charge in [-0.1, -0.05) is 13.0 Å². The fourth-order valence-electron chi connectivity index (χ4n) is 2.67. The maximum Gasteiger partial charge on any atom is 0.101 e. The molecule has 21 heavy (non-hydrogen) atoms. The van der Waals surface area contributed by atoms with E-state index in [0.29, 0.717) is 12.1 Å². The number of benzene rings is 1. The van der Waals surface area contributed by atoms with E-state index in [1.54, 1.807) is 0 Å². The fourth-order valence-corrected chi connectivity index (χ4v) is 2.67. The van der Waals surface area contributed by atoms with Gasteiger partial charge in [-0.15, -0.1) is 0 Å². The molecular formula is C16H23N3O2. The number of anilines is 1. The molecule has 114 valence electrons. The van der Waals surface area contributed by atoms with E-state index in [4.69, 9.17) is 4.74 Å². The summed E-state index contributed by atoms with van der Waals surface area (Å²) in [6, 6.07) is 8.27. The highest BCUT2D eigenvalue weighted by atomic mass is 16.5. The molecule has 0 saturated carbocycles. The summed E-state index contributed by atoms with van der Waals surface area (Å²) < 4.78 is 5.65. The van der Waals surface area contributed by atoms with E-state index in [1.807, 2.05) is 25.1 Å². The van der Waals surface area contributed by atoms with Gasteiger partial charge in [-0.05, 0) is 31.2 Å². The molecule has 0 amide bonds. The van der Waals surface area contributed by atoms with Crippen molar-refractivity contribution in [1.29, 1.82) is 5.26 Å². The SMILES string of the molecule is CCNCc1ccc(N2CC(C)OC(CO)C2)c(C#N)c1. The maximum atomic E-state index is 9.41. The van der Waals surface area contributed by atoms with E-state index in [2.05, 4.69) is 23.2 Å². The Morgan fingerprint density at radius 1 is 1.48 bits per heavy atom. The van der Waals surface area contributed by atoms with Gasteiger partial charge in [0, 0.05) is 19.6 Å². The van der Waals surface area contributed by atoms with Gasteiger partial charge in [0.25, 0.3) is 0 Å². The minimum Gasteiger partial charge on any atom is -0.394 e. The molecule has 2 unspecified atom stereocenters. The molecule has 0 aliphatic carbocycles. The summed E-state index contributed by atoms with van der Waals surface area (Å²) in [7, 11) is 0. The monoisotopic (exact) mass is 289 g/mol. The lowest BCUT2D eigenvalue weighted by atomic mass is 10.1. The minimum absolute atomic E-state index is 0.00122. The Labute approximate surface area is 126 Å². The van der Waals surface area contributed by atoms with Crippen molar-refractivity contribution in [1.82, 2.24) is 5.32 Å². The van der Waals surface area contributed by atoms with Gasteiger partial charge in [-0.3, -0.25) is 0 Å². The molecule has 0 spiro atoms. The van der Waals surface area contributed by atoms with Crippen molar-refractivity contribution in [3.8, 4) is 6.07 Å². The highest BCUT2D eigenvalue weighted by Gasteiger charge is 2.26. The predicted octanol–water partition coefficient (Wildman–Crippen LogP) is 1.25.